The third-order valence-electron chi connectivity index (χ3n) is 7.46. The second kappa shape index (κ2) is 11.9. The van der Waals surface area contributed by atoms with Crippen LogP contribution in [0.1, 0.15) is 31.7 Å². The molecule has 1 aliphatic rings. The first-order valence-corrected chi connectivity index (χ1v) is 14.9. The molecule has 0 N–H and O–H groups in total. The van der Waals surface area contributed by atoms with Crippen LogP contribution >= 0.6 is 11.3 Å². The van der Waals surface area contributed by atoms with Gasteiger partial charge in [-0.15, -0.1) is 11.3 Å². The van der Waals surface area contributed by atoms with Crippen molar-refractivity contribution in [2.45, 2.75) is 39.5 Å². The van der Waals surface area contributed by atoms with Crippen LogP contribution in [0.5, 0.6) is 5.75 Å². The first-order valence-electron chi connectivity index (χ1n) is 14.0. The number of halogens is 4. The fourth-order valence-electron chi connectivity index (χ4n) is 5.49. The number of nitrogens with zero attached hydrogens (tertiary/aromatic N) is 4. The van der Waals surface area contributed by atoms with Crippen molar-refractivity contribution in [2.24, 2.45) is 0 Å². The number of benzene rings is 1. The summed E-state index contributed by atoms with van der Waals surface area (Å²) in [6.45, 7) is 4.69. The molecule has 0 fully saturated rings. The minimum atomic E-state index is -3.08. The quantitative estimate of drug-likeness (QED) is 0.138. The van der Waals surface area contributed by atoms with Crippen LogP contribution in [-0.2, 0) is 17.8 Å². The number of amides is 1. The summed E-state index contributed by atoms with van der Waals surface area (Å²) < 4.78 is 64.6. The Kier molecular flexibility index (Phi) is 8.00. The Hall–Kier alpha value is -4.84. The smallest absolute Gasteiger partial charge is 0.321 e. The SMILES string of the molecule is C=CC(=O)N1CCc2ncc(-c3nc(-c4ccc(=O)n(C(F)F)c4)c4ccsc4c3-c3c(F)cc(F)cc3OC(C)C)cc2C1. The Morgan fingerprint density at radius 2 is 1.89 bits per heavy atom. The van der Waals surface area contributed by atoms with E-state index in [1.165, 1.54) is 23.5 Å². The fourth-order valence-corrected chi connectivity index (χ4v) is 6.44. The Bertz CT molecular complexity index is 2040. The summed E-state index contributed by atoms with van der Waals surface area (Å²) in [4.78, 5) is 35.7. The molecule has 6 rings (SSSR count). The number of pyridine rings is 3. The predicted octanol–water partition coefficient (Wildman–Crippen LogP) is 7.39. The van der Waals surface area contributed by atoms with E-state index in [1.54, 1.807) is 36.4 Å². The standard InChI is InChI=1S/C33H26F4N4O3S/c1-4-26(42)40-9-7-24-20(15-40)11-19(14-38-24)31-29(28-23(35)12-21(34)13-25(28)44-17(2)3)32-22(8-10-45-32)30(39-31)18-5-6-27(43)41(16-18)33(36)37/h4-6,8,10-14,16-17,33H,1,7,9,15H2,2-3H3. The van der Waals surface area contributed by atoms with Crippen LogP contribution in [0.4, 0.5) is 17.6 Å². The number of carbonyl (C=O) groups excluding carboxylic acids is 1. The van der Waals surface area contributed by atoms with Gasteiger partial charge in [-0.25, -0.2) is 13.8 Å². The highest BCUT2D eigenvalue weighted by Crippen LogP contribution is 2.47. The van der Waals surface area contributed by atoms with Crippen molar-refractivity contribution in [2.75, 3.05) is 6.54 Å². The van der Waals surface area contributed by atoms with E-state index < -0.39 is 29.8 Å². The highest BCUT2D eigenvalue weighted by molar-refractivity contribution is 7.18. The van der Waals surface area contributed by atoms with Crippen LogP contribution in [0.25, 0.3) is 43.7 Å². The molecular weight excluding hydrogens is 608 g/mol. The number of ether oxygens (including phenoxy) is 1. The van der Waals surface area contributed by atoms with Gasteiger partial charge in [-0.05, 0) is 49.1 Å². The van der Waals surface area contributed by atoms with Crippen molar-refractivity contribution in [1.29, 1.82) is 0 Å². The number of fused-ring (bicyclic) bond motifs is 2. The zero-order chi connectivity index (χ0) is 32.0. The monoisotopic (exact) mass is 634 g/mol. The van der Waals surface area contributed by atoms with Crippen molar-refractivity contribution in [1.82, 2.24) is 19.4 Å². The van der Waals surface area contributed by atoms with Gasteiger partial charge in [0.1, 0.15) is 17.4 Å². The van der Waals surface area contributed by atoms with Gasteiger partial charge >= 0.3 is 6.55 Å². The maximum absolute atomic E-state index is 15.9. The van der Waals surface area contributed by atoms with E-state index >= 15 is 4.39 Å². The summed E-state index contributed by atoms with van der Waals surface area (Å²) in [6.07, 6.45) is 3.95. The number of thiophene rings is 1. The molecule has 1 aliphatic heterocycles. The van der Waals surface area contributed by atoms with E-state index in [0.717, 1.165) is 35.7 Å². The first-order chi connectivity index (χ1) is 21.5. The van der Waals surface area contributed by atoms with E-state index in [1.807, 2.05) is 6.07 Å². The second-order valence-corrected chi connectivity index (χ2v) is 11.7. The van der Waals surface area contributed by atoms with Crippen molar-refractivity contribution in [3.05, 3.63) is 100 Å². The minimum Gasteiger partial charge on any atom is -0.490 e. The molecule has 5 heterocycles. The number of rotatable bonds is 7. The summed E-state index contributed by atoms with van der Waals surface area (Å²) >= 11 is 1.26. The summed E-state index contributed by atoms with van der Waals surface area (Å²) in [6, 6.07) is 7.85. The van der Waals surface area contributed by atoms with Crippen molar-refractivity contribution < 1.29 is 27.1 Å². The molecule has 1 amide bonds. The van der Waals surface area contributed by atoms with Crippen LogP contribution in [-0.4, -0.2) is 38.0 Å². The number of aromatic nitrogens is 3. The first kappa shape index (κ1) is 30.2. The highest BCUT2D eigenvalue weighted by atomic mass is 32.1. The van der Waals surface area contributed by atoms with Gasteiger partial charge in [0.25, 0.3) is 5.56 Å². The largest absolute Gasteiger partial charge is 0.490 e. The molecule has 0 unspecified atom stereocenters. The lowest BCUT2D eigenvalue weighted by molar-refractivity contribution is -0.126. The van der Waals surface area contributed by atoms with Crippen LogP contribution < -0.4 is 10.3 Å². The van der Waals surface area contributed by atoms with Crippen LogP contribution in [0.3, 0.4) is 0 Å². The topological polar surface area (TPSA) is 77.3 Å². The average molecular weight is 635 g/mol. The maximum atomic E-state index is 15.9. The molecule has 4 aromatic heterocycles. The molecule has 0 spiro atoms. The molecule has 0 aliphatic carbocycles. The van der Waals surface area contributed by atoms with Crippen molar-refractivity contribution in [3.8, 4) is 39.4 Å². The molecule has 7 nitrogen and oxygen atoms in total. The normalized spacial score (nSPS) is 13.0. The molecule has 45 heavy (non-hydrogen) atoms. The highest BCUT2D eigenvalue weighted by Gasteiger charge is 2.28. The molecule has 0 saturated carbocycles. The van der Waals surface area contributed by atoms with E-state index in [9.17, 15) is 22.8 Å². The van der Waals surface area contributed by atoms with Gasteiger partial charge in [-0.3, -0.25) is 19.1 Å². The van der Waals surface area contributed by atoms with Crippen molar-refractivity contribution in [3.63, 3.8) is 0 Å². The number of carbonyl (C=O) groups is 1. The zero-order valence-corrected chi connectivity index (χ0v) is 25.0. The van der Waals surface area contributed by atoms with Gasteiger partial charge in [0.2, 0.25) is 5.91 Å². The zero-order valence-electron chi connectivity index (χ0n) is 24.2. The van der Waals surface area contributed by atoms with Gasteiger partial charge in [-0.2, -0.15) is 8.78 Å². The Morgan fingerprint density at radius 1 is 1.09 bits per heavy atom. The lowest BCUT2D eigenvalue weighted by Gasteiger charge is -2.27. The van der Waals surface area contributed by atoms with E-state index in [2.05, 4.69) is 11.6 Å². The van der Waals surface area contributed by atoms with Gasteiger partial charge in [0, 0.05) is 82.6 Å². The molecule has 0 saturated heterocycles. The Morgan fingerprint density at radius 3 is 2.62 bits per heavy atom. The predicted molar refractivity (Wildman–Crippen MR) is 164 cm³/mol. The summed E-state index contributed by atoms with van der Waals surface area (Å²) in [5.74, 6) is -1.97. The van der Waals surface area contributed by atoms with Gasteiger partial charge in [0.05, 0.1) is 23.1 Å². The lowest BCUT2D eigenvalue weighted by atomic mass is 9.94. The number of alkyl halides is 2. The van der Waals surface area contributed by atoms with Crippen LogP contribution in [0.2, 0.25) is 0 Å². The average Bonchev–Trinajstić information content (AvgIpc) is 3.49. The maximum Gasteiger partial charge on any atom is 0.321 e. The number of hydrogen-bond acceptors (Lipinski definition) is 6. The third kappa shape index (κ3) is 5.61. The molecule has 0 bridgehead atoms. The van der Waals surface area contributed by atoms with E-state index in [-0.39, 0.29) is 40.7 Å². The third-order valence-corrected chi connectivity index (χ3v) is 8.39. The fraction of sp³-hybridized carbons (Fsp3) is 0.212. The van der Waals surface area contributed by atoms with Gasteiger partial charge in [0.15, 0.2) is 0 Å². The Labute approximate surface area is 259 Å². The lowest BCUT2D eigenvalue weighted by Crippen LogP contribution is -2.35. The molecule has 0 atom stereocenters. The summed E-state index contributed by atoms with van der Waals surface area (Å²) in [5.41, 5.74) is 2.12. The molecule has 5 aromatic rings. The molecule has 0 radical (unpaired) electrons. The second-order valence-electron chi connectivity index (χ2n) is 10.8. The number of hydrogen-bond donors (Lipinski definition) is 0. The van der Waals surface area contributed by atoms with Gasteiger partial charge < -0.3 is 9.64 Å². The molecular formula is C33H26F4N4O3S. The van der Waals surface area contributed by atoms with Crippen molar-refractivity contribution >= 4 is 27.3 Å². The van der Waals surface area contributed by atoms with Crippen LogP contribution in [0, 0.1) is 11.6 Å². The molecule has 12 heteroatoms. The Balaban J connectivity index is 1.67. The van der Waals surface area contributed by atoms with Crippen LogP contribution in [0.15, 0.2) is 71.6 Å². The molecule has 1 aromatic carbocycles. The van der Waals surface area contributed by atoms with E-state index in [4.69, 9.17) is 9.72 Å². The summed E-state index contributed by atoms with van der Waals surface area (Å²) in [5, 5.41) is 2.26. The summed E-state index contributed by atoms with van der Waals surface area (Å²) in [7, 11) is 0. The van der Waals surface area contributed by atoms with E-state index in [0.29, 0.717) is 38.7 Å². The van der Waals surface area contributed by atoms with Gasteiger partial charge in [-0.1, -0.05) is 6.58 Å². The molecule has 230 valence electrons. The minimum absolute atomic E-state index is 0.0228.